The van der Waals surface area contributed by atoms with Crippen molar-refractivity contribution in [2.75, 3.05) is 0 Å². The Morgan fingerprint density at radius 3 is 2.27 bits per heavy atom. The van der Waals surface area contributed by atoms with Gasteiger partial charge in [0.2, 0.25) is 5.24 Å². The summed E-state index contributed by atoms with van der Waals surface area (Å²) in [6, 6.07) is 19.0. The van der Waals surface area contributed by atoms with E-state index in [0.29, 0.717) is 6.42 Å². The smallest absolute Gasteiger partial charge is 0.229 e. The van der Waals surface area contributed by atoms with Gasteiger partial charge in [-0.15, -0.1) is 0 Å². The van der Waals surface area contributed by atoms with Crippen molar-refractivity contribution >= 4 is 49.2 Å². The van der Waals surface area contributed by atoms with Crippen LogP contribution in [0.3, 0.4) is 0 Å². The molecule has 0 aliphatic rings. The van der Waals surface area contributed by atoms with Gasteiger partial charge in [0.15, 0.2) is 0 Å². The first kappa shape index (κ1) is 13.5. The Balaban J connectivity index is 2.24. The van der Waals surface area contributed by atoms with Crippen molar-refractivity contribution < 1.29 is 4.79 Å². The molecule has 0 saturated carbocycles. The Labute approximate surface area is 133 Å². The standard InChI is InChI=1S/C20H15ClO/c1-2-15(20(21)22)17-11-14-7-3-5-12-9-10-13-6-4-8-16(17)19(13)18(12)14/h3-11,15H,2H2,1H3. The van der Waals surface area contributed by atoms with E-state index in [-0.39, 0.29) is 11.2 Å². The summed E-state index contributed by atoms with van der Waals surface area (Å²) in [5.41, 5.74) is 1.04. The normalized spacial score (nSPS) is 13.2. The summed E-state index contributed by atoms with van der Waals surface area (Å²) in [5.74, 6) is -0.254. The van der Waals surface area contributed by atoms with Gasteiger partial charge in [-0.25, -0.2) is 0 Å². The molecule has 4 aromatic carbocycles. The number of carbonyl (C=O) groups excluding carboxylic acids is 1. The quantitative estimate of drug-likeness (QED) is 0.343. The molecule has 0 heterocycles. The molecule has 0 bridgehead atoms. The summed E-state index contributed by atoms with van der Waals surface area (Å²) in [7, 11) is 0. The van der Waals surface area contributed by atoms with Crippen LogP contribution in [0.2, 0.25) is 0 Å². The Bertz CT molecular complexity index is 1000. The molecule has 0 saturated heterocycles. The van der Waals surface area contributed by atoms with E-state index in [0.717, 1.165) is 10.9 Å². The van der Waals surface area contributed by atoms with Crippen molar-refractivity contribution in [3.63, 3.8) is 0 Å². The van der Waals surface area contributed by atoms with Crippen molar-refractivity contribution in [1.82, 2.24) is 0 Å². The minimum atomic E-state index is -0.280. The van der Waals surface area contributed by atoms with Crippen LogP contribution >= 0.6 is 11.6 Å². The third-order valence-electron chi connectivity index (χ3n) is 4.60. The second kappa shape index (κ2) is 4.96. The number of rotatable bonds is 3. The molecule has 0 aliphatic carbocycles. The van der Waals surface area contributed by atoms with Crippen LogP contribution < -0.4 is 0 Å². The minimum absolute atomic E-state index is 0.254. The summed E-state index contributed by atoms with van der Waals surface area (Å²) in [5, 5.41) is 6.99. The maximum Gasteiger partial charge on any atom is 0.229 e. The molecule has 0 spiro atoms. The molecule has 0 aliphatic heterocycles. The highest BCUT2D eigenvalue weighted by Gasteiger charge is 2.21. The van der Waals surface area contributed by atoms with E-state index in [2.05, 4.69) is 54.6 Å². The summed E-state index contributed by atoms with van der Waals surface area (Å²) in [4.78, 5) is 11.9. The zero-order valence-electron chi connectivity index (χ0n) is 12.3. The lowest BCUT2D eigenvalue weighted by Gasteiger charge is -2.18. The van der Waals surface area contributed by atoms with E-state index in [1.165, 1.54) is 26.9 Å². The predicted octanol–water partition coefficient (Wildman–Crippen LogP) is 5.84. The van der Waals surface area contributed by atoms with E-state index in [1.807, 2.05) is 6.92 Å². The van der Waals surface area contributed by atoms with Crippen molar-refractivity contribution in [2.24, 2.45) is 0 Å². The Morgan fingerprint density at radius 1 is 0.955 bits per heavy atom. The zero-order valence-corrected chi connectivity index (χ0v) is 13.0. The summed E-state index contributed by atoms with van der Waals surface area (Å²) in [6.07, 6.45) is 0.711. The number of hydrogen-bond donors (Lipinski definition) is 0. The van der Waals surface area contributed by atoms with Gasteiger partial charge in [0.25, 0.3) is 0 Å². The Morgan fingerprint density at radius 2 is 1.59 bits per heavy atom. The van der Waals surface area contributed by atoms with Gasteiger partial charge in [-0.2, -0.15) is 0 Å². The predicted molar refractivity (Wildman–Crippen MR) is 94.0 cm³/mol. The number of halogens is 1. The van der Waals surface area contributed by atoms with E-state index in [9.17, 15) is 4.79 Å². The number of carbonyl (C=O) groups is 1. The van der Waals surface area contributed by atoms with Crippen molar-refractivity contribution in [3.05, 3.63) is 60.2 Å². The number of hydrogen-bond acceptors (Lipinski definition) is 1. The van der Waals surface area contributed by atoms with Crippen molar-refractivity contribution in [1.29, 1.82) is 0 Å². The van der Waals surface area contributed by atoms with Crippen molar-refractivity contribution in [3.8, 4) is 0 Å². The molecule has 4 aromatic rings. The van der Waals surface area contributed by atoms with Crippen LogP contribution in [-0.2, 0) is 4.79 Å². The average molecular weight is 307 g/mol. The fourth-order valence-electron chi connectivity index (χ4n) is 3.58. The molecular formula is C20H15ClO. The molecule has 1 atom stereocenters. The van der Waals surface area contributed by atoms with E-state index < -0.39 is 0 Å². The van der Waals surface area contributed by atoms with Crippen LogP contribution in [0, 0.1) is 0 Å². The highest BCUT2D eigenvalue weighted by molar-refractivity contribution is 6.64. The lowest BCUT2D eigenvalue weighted by Crippen LogP contribution is -2.06. The molecule has 2 heteroatoms. The SMILES string of the molecule is CCC(C(=O)Cl)c1cc2cccc3ccc4cccc1c4c32. The monoisotopic (exact) mass is 306 g/mol. The van der Waals surface area contributed by atoms with Crippen LogP contribution in [0.5, 0.6) is 0 Å². The third kappa shape index (κ3) is 1.82. The van der Waals surface area contributed by atoms with Crippen molar-refractivity contribution in [2.45, 2.75) is 19.3 Å². The second-order valence-corrected chi connectivity index (χ2v) is 6.15. The maximum atomic E-state index is 11.9. The van der Waals surface area contributed by atoms with Gasteiger partial charge in [0, 0.05) is 0 Å². The fourth-order valence-corrected chi connectivity index (χ4v) is 3.85. The van der Waals surface area contributed by atoms with Gasteiger partial charge in [-0.3, -0.25) is 4.79 Å². The minimum Gasteiger partial charge on any atom is -0.281 e. The van der Waals surface area contributed by atoms with Gasteiger partial charge in [0.1, 0.15) is 0 Å². The first-order valence-electron chi connectivity index (χ1n) is 7.56. The van der Waals surface area contributed by atoms with E-state index in [4.69, 9.17) is 11.6 Å². The van der Waals surface area contributed by atoms with Crippen LogP contribution in [0.1, 0.15) is 24.8 Å². The molecule has 1 unspecified atom stereocenters. The summed E-state index contributed by atoms with van der Waals surface area (Å²) in [6.45, 7) is 2.01. The highest BCUT2D eigenvalue weighted by atomic mass is 35.5. The van der Waals surface area contributed by atoms with Gasteiger partial charge < -0.3 is 0 Å². The van der Waals surface area contributed by atoms with Gasteiger partial charge in [-0.05, 0) is 62.0 Å². The van der Waals surface area contributed by atoms with E-state index >= 15 is 0 Å². The fraction of sp³-hybridized carbons (Fsp3) is 0.150. The average Bonchev–Trinajstić information content (AvgIpc) is 2.53. The van der Waals surface area contributed by atoms with E-state index in [1.54, 1.807) is 0 Å². The topological polar surface area (TPSA) is 17.1 Å². The van der Waals surface area contributed by atoms with Crippen LogP contribution in [0.15, 0.2) is 54.6 Å². The molecule has 22 heavy (non-hydrogen) atoms. The van der Waals surface area contributed by atoms with Gasteiger partial charge in [-0.1, -0.05) is 55.5 Å². The van der Waals surface area contributed by atoms with Gasteiger partial charge >= 0.3 is 0 Å². The molecule has 0 N–H and O–H groups in total. The Hall–Kier alpha value is -2.12. The largest absolute Gasteiger partial charge is 0.281 e. The number of benzene rings is 4. The first-order valence-corrected chi connectivity index (χ1v) is 7.94. The first-order chi connectivity index (χ1) is 10.7. The molecule has 0 radical (unpaired) electrons. The third-order valence-corrected chi connectivity index (χ3v) is 4.86. The summed E-state index contributed by atoms with van der Waals surface area (Å²) >= 11 is 5.86. The molecule has 1 nitrogen and oxygen atoms in total. The lowest BCUT2D eigenvalue weighted by atomic mass is 9.86. The van der Waals surface area contributed by atoms with Crippen LogP contribution in [0.4, 0.5) is 0 Å². The molecule has 108 valence electrons. The molecule has 0 fully saturated rings. The highest BCUT2D eigenvalue weighted by Crippen LogP contribution is 2.39. The maximum absolute atomic E-state index is 11.9. The zero-order chi connectivity index (χ0) is 15.3. The molecule has 0 amide bonds. The molecule has 4 rings (SSSR count). The lowest BCUT2D eigenvalue weighted by molar-refractivity contribution is -0.113. The van der Waals surface area contributed by atoms with Crippen LogP contribution in [-0.4, -0.2) is 5.24 Å². The molecular weight excluding hydrogens is 292 g/mol. The molecule has 0 aromatic heterocycles. The second-order valence-electron chi connectivity index (χ2n) is 5.78. The van der Waals surface area contributed by atoms with Gasteiger partial charge in [0.05, 0.1) is 5.92 Å². The van der Waals surface area contributed by atoms with Crippen LogP contribution in [0.25, 0.3) is 32.3 Å². The summed E-state index contributed by atoms with van der Waals surface area (Å²) < 4.78 is 0. The Kier molecular flexibility index (Phi) is 3.05.